The van der Waals surface area contributed by atoms with Gasteiger partial charge >= 0.3 is 0 Å². The van der Waals surface area contributed by atoms with Crippen molar-refractivity contribution < 1.29 is 4.79 Å². The van der Waals surface area contributed by atoms with Crippen LogP contribution in [0.5, 0.6) is 0 Å². The second kappa shape index (κ2) is 7.34. The molecule has 1 aliphatic heterocycles. The average molecular weight is 334 g/mol. The highest BCUT2D eigenvalue weighted by Gasteiger charge is 2.38. The van der Waals surface area contributed by atoms with Crippen molar-refractivity contribution in [1.82, 2.24) is 14.9 Å². The molecule has 0 radical (unpaired) electrons. The Kier molecular flexibility index (Phi) is 5.64. The SMILES string of the molecule is CCN(CC)C(=O)[C@@H]1C[C@@H](N)CN1c1nc(N(C)C)nc(C)c1C. The molecular formula is C17H30N6O. The van der Waals surface area contributed by atoms with Crippen LogP contribution in [-0.4, -0.2) is 66.6 Å². The summed E-state index contributed by atoms with van der Waals surface area (Å²) in [6.45, 7) is 10.1. The summed E-state index contributed by atoms with van der Waals surface area (Å²) in [4.78, 5) is 28.0. The Morgan fingerprint density at radius 1 is 1.25 bits per heavy atom. The van der Waals surface area contributed by atoms with Gasteiger partial charge in [0, 0.05) is 51.0 Å². The van der Waals surface area contributed by atoms with Gasteiger partial charge in [-0.1, -0.05) is 0 Å². The first kappa shape index (κ1) is 18.4. The van der Waals surface area contributed by atoms with Crippen LogP contribution in [0.1, 0.15) is 31.5 Å². The molecule has 2 rings (SSSR count). The van der Waals surface area contributed by atoms with Crippen LogP contribution in [0.2, 0.25) is 0 Å². The molecule has 24 heavy (non-hydrogen) atoms. The van der Waals surface area contributed by atoms with Gasteiger partial charge < -0.3 is 20.4 Å². The van der Waals surface area contributed by atoms with Gasteiger partial charge in [0.25, 0.3) is 0 Å². The molecule has 134 valence electrons. The zero-order chi connectivity index (χ0) is 18.0. The minimum Gasteiger partial charge on any atom is -0.347 e. The van der Waals surface area contributed by atoms with E-state index in [1.165, 1.54) is 0 Å². The van der Waals surface area contributed by atoms with Crippen LogP contribution >= 0.6 is 0 Å². The number of aromatic nitrogens is 2. The number of anilines is 2. The number of carbonyl (C=O) groups excluding carboxylic acids is 1. The smallest absolute Gasteiger partial charge is 0.245 e. The Hall–Kier alpha value is -1.89. The zero-order valence-electron chi connectivity index (χ0n) is 15.7. The molecule has 0 aliphatic carbocycles. The number of nitrogens with two attached hydrogens (primary N) is 1. The fourth-order valence-corrected chi connectivity index (χ4v) is 3.16. The average Bonchev–Trinajstić information content (AvgIpc) is 2.92. The number of rotatable bonds is 5. The highest BCUT2D eigenvalue weighted by atomic mass is 16.2. The lowest BCUT2D eigenvalue weighted by Crippen LogP contribution is -2.46. The highest BCUT2D eigenvalue weighted by Crippen LogP contribution is 2.29. The molecule has 0 bridgehead atoms. The second-order valence-electron chi connectivity index (χ2n) is 6.63. The molecule has 0 saturated carbocycles. The third-order valence-electron chi connectivity index (χ3n) is 4.72. The Morgan fingerprint density at radius 3 is 2.42 bits per heavy atom. The number of hydrogen-bond donors (Lipinski definition) is 1. The van der Waals surface area contributed by atoms with Gasteiger partial charge in [0.05, 0.1) is 0 Å². The van der Waals surface area contributed by atoms with Crippen LogP contribution in [-0.2, 0) is 4.79 Å². The Balaban J connectivity index is 2.43. The quantitative estimate of drug-likeness (QED) is 0.863. The van der Waals surface area contributed by atoms with Gasteiger partial charge in [-0.05, 0) is 34.1 Å². The lowest BCUT2D eigenvalue weighted by Gasteiger charge is -2.31. The van der Waals surface area contributed by atoms with Crippen LogP contribution in [0.3, 0.4) is 0 Å². The maximum absolute atomic E-state index is 12.9. The third-order valence-corrected chi connectivity index (χ3v) is 4.72. The van der Waals surface area contributed by atoms with E-state index in [0.29, 0.717) is 32.0 Å². The fraction of sp³-hybridized carbons (Fsp3) is 0.706. The highest BCUT2D eigenvalue weighted by molar-refractivity contribution is 5.86. The van der Waals surface area contributed by atoms with Crippen LogP contribution in [0.25, 0.3) is 0 Å². The summed E-state index contributed by atoms with van der Waals surface area (Å²) in [5, 5.41) is 0. The summed E-state index contributed by atoms with van der Waals surface area (Å²) >= 11 is 0. The lowest BCUT2D eigenvalue weighted by atomic mass is 10.1. The monoisotopic (exact) mass is 334 g/mol. The van der Waals surface area contributed by atoms with Crippen LogP contribution < -0.4 is 15.5 Å². The summed E-state index contributed by atoms with van der Waals surface area (Å²) < 4.78 is 0. The van der Waals surface area contributed by atoms with E-state index in [4.69, 9.17) is 10.7 Å². The van der Waals surface area contributed by atoms with Gasteiger partial charge in [-0.2, -0.15) is 4.98 Å². The number of aryl methyl sites for hydroxylation is 1. The lowest BCUT2D eigenvalue weighted by molar-refractivity contribution is -0.132. The molecule has 1 aromatic rings. The van der Waals surface area contributed by atoms with Gasteiger partial charge in [0.15, 0.2) is 0 Å². The van der Waals surface area contributed by atoms with Crippen LogP contribution in [0, 0.1) is 13.8 Å². The summed E-state index contributed by atoms with van der Waals surface area (Å²) in [5.41, 5.74) is 8.13. The predicted molar refractivity (Wildman–Crippen MR) is 97.5 cm³/mol. The van der Waals surface area contributed by atoms with E-state index in [1.807, 2.05) is 51.6 Å². The molecule has 0 spiro atoms. The van der Waals surface area contributed by atoms with Crippen molar-refractivity contribution >= 4 is 17.7 Å². The van der Waals surface area contributed by atoms with E-state index in [-0.39, 0.29) is 18.0 Å². The molecule has 1 saturated heterocycles. The van der Waals surface area contributed by atoms with E-state index < -0.39 is 0 Å². The molecule has 2 N–H and O–H groups in total. The van der Waals surface area contributed by atoms with Crippen molar-refractivity contribution in [2.75, 3.05) is 43.5 Å². The topological polar surface area (TPSA) is 78.6 Å². The molecule has 1 aliphatic rings. The molecule has 7 nitrogen and oxygen atoms in total. The number of likely N-dealkylation sites (N-methyl/N-ethyl adjacent to an activating group) is 1. The molecule has 2 heterocycles. The largest absolute Gasteiger partial charge is 0.347 e. The molecule has 1 aromatic heterocycles. The van der Waals surface area contributed by atoms with Crippen molar-refractivity contribution in [3.8, 4) is 0 Å². The van der Waals surface area contributed by atoms with Crippen molar-refractivity contribution in [3.05, 3.63) is 11.3 Å². The van der Waals surface area contributed by atoms with Crippen molar-refractivity contribution in [2.24, 2.45) is 5.73 Å². The number of amides is 1. The van der Waals surface area contributed by atoms with Crippen LogP contribution in [0.4, 0.5) is 11.8 Å². The second-order valence-corrected chi connectivity index (χ2v) is 6.63. The van der Waals surface area contributed by atoms with Crippen molar-refractivity contribution in [2.45, 2.75) is 46.2 Å². The van der Waals surface area contributed by atoms with E-state index in [1.54, 1.807) is 0 Å². The Morgan fingerprint density at radius 2 is 1.88 bits per heavy atom. The summed E-state index contributed by atoms with van der Waals surface area (Å²) in [7, 11) is 3.84. The molecule has 0 unspecified atom stereocenters. The van der Waals surface area contributed by atoms with E-state index in [9.17, 15) is 4.79 Å². The summed E-state index contributed by atoms with van der Waals surface area (Å²) in [6.07, 6.45) is 0.662. The maximum atomic E-state index is 12.9. The zero-order valence-corrected chi connectivity index (χ0v) is 15.7. The van der Waals surface area contributed by atoms with Crippen LogP contribution in [0.15, 0.2) is 0 Å². The predicted octanol–water partition coefficient (Wildman–Crippen LogP) is 0.934. The minimum absolute atomic E-state index is 0.0213. The van der Waals surface area contributed by atoms with Gasteiger partial charge in [-0.3, -0.25) is 4.79 Å². The van der Waals surface area contributed by atoms with Gasteiger partial charge in [-0.15, -0.1) is 0 Å². The van der Waals surface area contributed by atoms with Crippen molar-refractivity contribution in [1.29, 1.82) is 0 Å². The molecule has 0 aromatic carbocycles. The number of nitrogens with zero attached hydrogens (tertiary/aromatic N) is 5. The third kappa shape index (κ3) is 3.45. The minimum atomic E-state index is -0.247. The first-order chi connectivity index (χ1) is 11.3. The van der Waals surface area contributed by atoms with E-state index >= 15 is 0 Å². The van der Waals surface area contributed by atoms with E-state index in [0.717, 1.165) is 17.1 Å². The molecular weight excluding hydrogens is 304 g/mol. The first-order valence-corrected chi connectivity index (χ1v) is 8.63. The number of hydrogen-bond acceptors (Lipinski definition) is 6. The summed E-state index contributed by atoms with van der Waals surface area (Å²) in [6, 6.07) is -0.269. The first-order valence-electron chi connectivity index (χ1n) is 8.63. The molecule has 7 heteroatoms. The Labute approximate surface area is 144 Å². The van der Waals surface area contributed by atoms with Crippen molar-refractivity contribution in [3.63, 3.8) is 0 Å². The fourth-order valence-electron chi connectivity index (χ4n) is 3.16. The summed E-state index contributed by atoms with van der Waals surface area (Å²) in [5.74, 6) is 1.61. The molecule has 1 amide bonds. The standard InChI is InChI=1S/C17H30N6O/c1-7-22(8-2)16(24)14-9-13(18)10-23(14)15-11(3)12(4)19-17(20-15)21(5)6/h13-14H,7-10,18H2,1-6H3/t13-,14+/m1/s1. The number of carbonyl (C=O) groups is 1. The normalized spacial score (nSPS) is 20.4. The van der Waals surface area contributed by atoms with Gasteiger partial charge in [-0.25, -0.2) is 4.98 Å². The van der Waals surface area contributed by atoms with E-state index in [2.05, 4.69) is 9.88 Å². The molecule has 2 atom stereocenters. The maximum Gasteiger partial charge on any atom is 0.245 e. The molecule has 1 fully saturated rings. The van der Waals surface area contributed by atoms with Gasteiger partial charge in [0.2, 0.25) is 11.9 Å². The Bertz CT molecular complexity index is 599. The van der Waals surface area contributed by atoms with Gasteiger partial charge in [0.1, 0.15) is 11.9 Å².